The second-order valence-corrected chi connectivity index (χ2v) is 6.97. The van der Waals surface area contributed by atoms with Crippen LogP contribution < -0.4 is 10.6 Å². The van der Waals surface area contributed by atoms with E-state index in [1.54, 1.807) is 18.3 Å². The lowest BCUT2D eigenvalue weighted by Crippen LogP contribution is -2.31. The monoisotopic (exact) mass is 395 g/mol. The summed E-state index contributed by atoms with van der Waals surface area (Å²) in [5.41, 5.74) is 2.92. The van der Waals surface area contributed by atoms with Gasteiger partial charge < -0.3 is 10.6 Å². The van der Waals surface area contributed by atoms with E-state index in [1.807, 2.05) is 78.9 Å². The average Bonchev–Trinajstić information content (AvgIpc) is 2.79. The van der Waals surface area contributed by atoms with Crippen molar-refractivity contribution in [1.29, 1.82) is 0 Å². The van der Waals surface area contributed by atoms with Crippen LogP contribution in [0.25, 0.3) is 10.9 Å². The molecule has 4 aromatic rings. The van der Waals surface area contributed by atoms with Gasteiger partial charge in [-0.25, -0.2) is 0 Å². The highest BCUT2D eigenvalue weighted by Crippen LogP contribution is 2.20. The molecule has 0 saturated heterocycles. The Morgan fingerprint density at radius 2 is 1.50 bits per heavy atom. The van der Waals surface area contributed by atoms with Gasteiger partial charge >= 0.3 is 0 Å². The standard InChI is InChI=1S/C25H21N3O2/c29-24(27-21-15-20-13-7-8-14-22(20)26-17-21)16-23(18-9-3-1-4-10-18)28-25(30)19-11-5-2-6-12-19/h1-15,17,23H,16H2,(H,27,29)(H,28,30). The first-order chi connectivity index (χ1) is 14.7. The minimum atomic E-state index is -0.452. The van der Waals surface area contributed by atoms with Crippen molar-refractivity contribution in [1.82, 2.24) is 10.3 Å². The summed E-state index contributed by atoms with van der Waals surface area (Å²) in [6.45, 7) is 0. The normalized spacial score (nSPS) is 11.6. The van der Waals surface area contributed by atoms with E-state index in [2.05, 4.69) is 15.6 Å². The smallest absolute Gasteiger partial charge is 0.251 e. The van der Waals surface area contributed by atoms with Crippen molar-refractivity contribution >= 4 is 28.4 Å². The van der Waals surface area contributed by atoms with Crippen LogP contribution in [0.4, 0.5) is 5.69 Å². The molecule has 5 heteroatoms. The van der Waals surface area contributed by atoms with Crippen LogP contribution >= 0.6 is 0 Å². The average molecular weight is 395 g/mol. The minimum Gasteiger partial charge on any atom is -0.345 e. The van der Waals surface area contributed by atoms with Crippen molar-refractivity contribution in [3.63, 3.8) is 0 Å². The van der Waals surface area contributed by atoms with Crippen LogP contribution in [0.15, 0.2) is 97.2 Å². The second-order valence-electron chi connectivity index (χ2n) is 6.97. The maximum atomic E-state index is 12.8. The Morgan fingerprint density at radius 3 is 2.27 bits per heavy atom. The van der Waals surface area contributed by atoms with Gasteiger partial charge in [0.05, 0.1) is 29.9 Å². The van der Waals surface area contributed by atoms with Crippen LogP contribution in [0.3, 0.4) is 0 Å². The number of nitrogens with one attached hydrogen (secondary N) is 2. The molecule has 30 heavy (non-hydrogen) atoms. The van der Waals surface area contributed by atoms with Gasteiger partial charge in [-0.3, -0.25) is 14.6 Å². The molecule has 0 aliphatic heterocycles. The highest BCUT2D eigenvalue weighted by atomic mass is 16.2. The van der Waals surface area contributed by atoms with E-state index in [0.717, 1.165) is 16.5 Å². The van der Waals surface area contributed by atoms with Gasteiger partial charge in [-0.1, -0.05) is 66.7 Å². The summed E-state index contributed by atoms with van der Waals surface area (Å²) in [6.07, 6.45) is 1.75. The molecular formula is C25H21N3O2. The lowest BCUT2D eigenvalue weighted by molar-refractivity contribution is -0.116. The molecule has 1 heterocycles. The van der Waals surface area contributed by atoms with E-state index < -0.39 is 6.04 Å². The highest BCUT2D eigenvalue weighted by molar-refractivity contribution is 5.96. The molecule has 0 saturated carbocycles. The van der Waals surface area contributed by atoms with Crippen molar-refractivity contribution < 1.29 is 9.59 Å². The van der Waals surface area contributed by atoms with Gasteiger partial charge in [0.15, 0.2) is 0 Å². The van der Waals surface area contributed by atoms with Crippen molar-refractivity contribution in [2.45, 2.75) is 12.5 Å². The number of rotatable bonds is 6. The second kappa shape index (κ2) is 9.01. The SMILES string of the molecule is O=C(CC(NC(=O)c1ccccc1)c1ccccc1)Nc1cnc2ccccc2c1. The Morgan fingerprint density at radius 1 is 0.833 bits per heavy atom. The Hall–Kier alpha value is -3.99. The van der Waals surface area contributed by atoms with Crippen LogP contribution in [0.2, 0.25) is 0 Å². The summed E-state index contributed by atoms with van der Waals surface area (Å²) in [7, 11) is 0. The fraction of sp³-hybridized carbons (Fsp3) is 0.0800. The molecule has 1 aromatic heterocycles. The molecule has 5 nitrogen and oxygen atoms in total. The molecule has 1 atom stereocenters. The van der Waals surface area contributed by atoms with Gasteiger partial charge in [-0.15, -0.1) is 0 Å². The molecule has 0 radical (unpaired) electrons. The van der Waals surface area contributed by atoms with Crippen LogP contribution in [-0.2, 0) is 4.79 Å². The van der Waals surface area contributed by atoms with E-state index in [1.165, 1.54) is 0 Å². The summed E-state index contributed by atoms with van der Waals surface area (Å²) in [5.74, 6) is -0.418. The van der Waals surface area contributed by atoms with Crippen LogP contribution in [0.5, 0.6) is 0 Å². The molecule has 3 aromatic carbocycles. The number of anilines is 1. The Labute approximate surface area is 174 Å². The molecule has 148 valence electrons. The Bertz CT molecular complexity index is 1160. The molecule has 2 N–H and O–H groups in total. The number of aromatic nitrogens is 1. The third kappa shape index (κ3) is 4.70. The number of hydrogen-bond acceptors (Lipinski definition) is 3. The first-order valence-electron chi connectivity index (χ1n) is 9.74. The summed E-state index contributed by atoms with van der Waals surface area (Å²) >= 11 is 0. The highest BCUT2D eigenvalue weighted by Gasteiger charge is 2.19. The molecule has 0 aliphatic carbocycles. The summed E-state index contributed by atoms with van der Waals surface area (Å²) < 4.78 is 0. The molecule has 4 rings (SSSR count). The molecule has 0 aliphatic rings. The number of para-hydroxylation sites is 1. The number of hydrogen-bond donors (Lipinski definition) is 2. The fourth-order valence-corrected chi connectivity index (χ4v) is 3.31. The Kier molecular flexibility index (Phi) is 5.80. The van der Waals surface area contributed by atoms with Crippen molar-refractivity contribution in [2.75, 3.05) is 5.32 Å². The van der Waals surface area contributed by atoms with Gasteiger partial charge in [-0.2, -0.15) is 0 Å². The van der Waals surface area contributed by atoms with Gasteiger partial charge in [-0.05, 0) is 29.8 Å². The summed E-state index contributed by atoms with van der Waals surface area (Å²) in [4.78, 5) is 29.8. The zero-order valence-corrected chi connectivity index (χ0v) is 16.3. The van der Waals surface area contributed by atoms with E-state index in [-0.39, 0.29) is 18.2 Å². The Balaban J connectivity index is 1.50. The predicted molar refractivity (Wildman–Crippen MR) is 118 cm³/mol. The number of benzene rings is 3. The number of carbonyl (C=O) groups excluding carboxylic acids is 2. The number of fused-ring (bicyclic) bond motifs is 1. The maximum Gasteiger partial charge on any atom is 0.251 e. The predicted octanol–water partition coefficient (Wildman–Crippen LogP) is 4.73. The van der Waals surface area contributed by atoms with Crippen molar-refractivity contribution in [2.24, 2.45) is 0 Å². The van der Waals surface area contributed by atoms with Gasteiger partial charge in [0.2, 0.25) is 5.91 Å². The van der Waals surface area contributed by atoms with E-state index in [9.17, 15) is 9.59 Å². The largest absolute Gasteiger partial charge is 0.345 e. The summed E-state index contributed by atoms with van der Waals surface area (Å²) in [6, 6.07) is 27.6. The topological polar surface area (TPSA) is 71.1 Å². The van der Waals surface area contributed by atoms with Crippen LogP contribution in [-0.4, -0.2) is 16.8 Å². The van der Waals surface area contributed by atoms with Crippen molar-refractivity contribution in [3.05, 3.63) is 108 Å². The molecule has 2 amide bonds. The first kappa shape index (κ1) is 19.3. The summed E-state index contributed by atoms with van der Waals surface area (Å²) in [5, 5.41) is 6.83. The number of pyridine rings is 1. The van der Waals surface area contributed by atoms with E-state index >= 15 is 0 Å². The van der Waals surface area contributed by atoms with E-state index in [4.69, 9.17) is 0 Å². The van der Waals surface area contributed by atoms with Gasteiger partial charge in [0.1, 0.15) is 0 Å². The number of nitrogens with zero attached hydrogens (tertiary/aromatic N) is 1. The molecule has 0 spiro atoms. The van der Waals surface area contributed by atoms with Gasteiger partial charge in [0.25, 0.3) is 5.91 Å². The third-order valence-electron chi connectivity index (χ3n) is 4.81. The lowest BCUT2D eigenvalue weighted by atomic mass is 10.0. The van der Waals surface area contributed by atoms with Gasteiger partial charge in [0, 0.05) is 10.9 Å². The third-order valence-corrected chi connectivity index (χ3v) is 4.81. The quantitative estimate of drug-likeness (QED) is 0.496. The number of amides is 2. The lowest BCUT2D eigenvalue weighted by Gasteiger charge is -2.19. The molecular weight excluding hydrogens is 374 g/mol. The molecule has 0 fully saturated rings. The molecule has 0 bridgehead atoms. The van der Waals surface area contributed by atoms with Crippen molar-refractivity contribution in [3.8, 4) is 0 Å². The first-order valence-corrected chi connectivity index (χ1v) is 9.74. The van der Waals surface area contributed by atoms with E-state index in [0.29, 0.717) is 11.3 Å². The maximum absolute atomic E-state index is 12.8. The van der Waals surface area contributed by atoms with Crippen LogP contribution in [0.1, 0.15) is 28.4 Å². The zero-order chi connectivity index (χ0) is 20.8. The van der Waals surface area contributed by atoms with Crippen LogP contribution in [0, 0.1) is 0 Å². The molecule has 1 unspecified atom stereocenters. The number of carbonyl (C=O) groups is 2. The zero-order valence-electron chi connectivity index (χ0n) is 16.3. The fourth-order valence-electron chi connectivity index (χ4n) is 3.31. The minimum absolute atomic E-state index is 0.107.